The SMILES string of the molecule is C.Cl.NC/C(=C\F)Cn1ncn(-c2cccc(-c3ccc(C(=O)N4CCOCC4)cc3)c2)c1=O. The summed E-state index contributed by atoms with van der Waals surface area (Å²) in [5.74, 6) is -0.00764. The molecule has 8 nitrogen and oxygen atoms in total. The predicted molar refractivity (Wildman–Crippen MR) is 132 cm³/mol. The lowest BCUT2D eigenvalue weighted by atomic mass is 10.0. The molecular formula is C24H29ClFN5O3. The predicted octanol–water partition coefficient (Wildman–Crippen LogP) is 3.04. The van der Waals surface area contributed by atoms with Gasteiger partial charge in [-0.2, -0.15) is 5.10 Å². The second kappa shape index (κ2) is 12.3. The normalized spacial score (nSPS) is 13.7. The van der Waals surface area contributed by atoms with Crippen molar-refractivity contribution in [1.29, 1.82) is 0 Å². The quantitative estimate of drug-likeness (QED) is 0.574. The third kappa shape index (κ3) is 5.80. The van der Waals surface area contributed by atoms with Crippen molar-refractivity contribution in [1.82, 2.24) is 19.2 Å². The minimum absolute atomic E-state index is 0. The maximum absolute atomic E-state index is 12.8. The van der Waals surface area contributed by atoms with Gasteiger partial charge in [-0.3, -0.25) is 4.79 Å². The van der Waals surface area contributed by atoms with Gasteiger partial charge in [-0.1, -0.05) is 31.7 Å². The van der Waals surface area contributed by atoms with Crippen LogP contribution in [-0.4, -0.2) is 58.0 Å². The van der Waals surface area contributed by atoms with Crippen LogP contribution < -0.4 is 11.4 Å². The molecule has 1 aliphatic heterocycles. The van der Waals surface area contributed by atoms with E-state index in [4.69, 9.17) is 10.5 Å². The van der Waals surface area contributed by atoms with Gasteiger partial charge in [0.2, 0.25) is 0 Å². The molecule has 34 heavy (non-hydrogen) atoms. The first-order valence-corrected chi connectivity index (χ1v) is 10.3. The number of carbonyl (C=O) groups excluding carboxylic acids is 1. The van der Waals surface area contributed by atoms with Crippen LogP contribution in [0.1, 0.15) is 17.8 Å². The van der Waals surface area contributed by atoms with Crippen LogP contribution in [-0.2, 0) is 11.3 Å². The molecule has 2 heterocycles. The summed E-state index contributed by atoms with van der Waals surface area (Å²) in [4.78, 5) is 27.1. The highest BCUT2D eigenvalue weighted by Gasteiger charge is 2.18. The largest absolute Gasteiger partial charge is 0.378 e. The van der Waals surface area contributed by atoms with E-state index in [0.717, 1.165) is 15.8 Å². The Morgan fingerprint density at radius 2 is 1.82 bits per heavy atom. The molecular weight excluding hydrogens is 461 g/mol. The zero-order chi connectivity index (χ0) is 22.5. The summed E-state index contributed by atoms with van der Waals surface area (Å²) >= 11 is 0. The number of rotatable bonds is 6. The fourth-order valence-electron chi connectivity index (χ4n) is 3.55. The third-order valence-corrected chi connectivity index (χ3v) is 5.39. The number of nitrogens with zero attached hydrogens (tertiary/aromatic N) is 4. The number of nitrogens with two attached hydrogens (primary N) is 1. The first-order chi connectivity index (χ1) is 15.6. The number of morpholine rings is 1. The molecule has 2 N–H and O–H groups in total. The zero-order valence-corrected chi connectivity index (χ0v) is 18.7. The Kier molecular flexibility index (Phi) is 9.73. The van der Waals surface area contributed by atoms with Crippen LogP contribution in [0.4, 0.5) is 4.39 Å². The van der Waals surface area contributed by atoms with E-state index in [2.05, 4.69) is 5.10 Å². The lowest BCUT2D eigenvalue weighted by Gasteiger charge is -2.26. The van der Waals surface area contributed by atoms with E-state index in [-0.39, 0.29) is 50.1 Å². The number of benzene rings is 2. The molecule has 0 unspecified atom stereocenters. The number of hydrogen-bond acceptors (Lipinski definition) is 5. The highest BCUT2D eigenvalue weighted by molar-refractivity contribution is 5.94. The summed E-state index contributed by atoms with van der Waals surface area (Å²) in [5, 5.41) is 4.06. The van der Waals surface area contributed by atoms with Gasteiger partial charge >= 0.3 is 5.69 Å². The highest BCUT2D eigenvalue weighted by atomic mass is 35.5. The molecule has 0 atom stereocenters. The Balaban J connectivity index is 0.00000204. The standard InChI is InChI=1S/C23H24FN5O3.CH4.ClH/c24-13-17(14-25)15-29-23(31)28(16-26-29)21-3-1-2-20(12-21)18-4-6-19(7-5-18)22(30)27-8-10-32-11-9-27;;/h1-7,12-13,16H,8-11,14-15,25H2;1H4;1H/b17-13+;;. The maximum Gasteiger partial charge on any atom is 0.350 e. The number of aromatic nitrogens is 3. The topological polar surface area (TPSA) is 95.4 Å². The van der Waals surface area contributed by atoms with Crippen molar-refractivity contribution in [2.45, 2.75) is 14.0 Å². The number of hydrogen-bond donors (Lipinski definition) is 1. The summed E-state index contributed by atoms with van der Waals surface area (Å²) in [6.07, 6.45) is 1.80. The van der Waals surface area contributed by atoms with Crippen LogP contribution >= 0.6 is 12.4 Å². The molecule has 10 heteroatoms. The Hall–Kier alpha value is -3.27. The maximum atomic E-state index is 12.8. The van der Waals surface area contributed by atoms with Crippen LogP contribution in [0.2, 0.25) is 0 Å². The molecule has 0 aliphatic carbocycles. The fraction of sp³-hybridized carbons (Fsp3) is 0.292. The first-order valence-electron chi connectivity index (χ1n) is 10.3. The van der Waals surface area contributed by atoms with Crippen molar-refractivity contribution in [2.24, 2.45) is 5.73 Å². The molecule has 0 bridgehead atoms. The summed E-state index contributed by atoms with van der Waals surface area (Å²) in [7, 11) is 0. The van der Waals surface area contributed by atoms with Gasteiger partial charge in [-0.25, -0.2) is 18.4 Å². The molecule has 3 aromatic rings. The minimum atomic E-state index is -0.388. The number of amides is 1. The summed E-state index contributed by atoms with van der Waals surface area (Å²) in [6.45, 7) is 2.32. The lowest BCUT2D eigenvalue weighted by molar-refractivity contribution is 0.0303. The number of halogens is 2. The number of ether oxygens (including phenoxy) is 1. The van der Waals surface area contributed by atoms with Crippen molar-refractivity contribution in [3.05, 3.63) is 82.8 Å². The Morgan fingerprint density at radius 3 is 2.47 bits per heavy atom. The van der Waals surface area contributed by atoms with Crippen molar-refractivity contribution in [3.8, 4) is 16.8 Å². The van der Waals surface area contributed by atoms with Gasteiger partial charge in [-0.05, 0) is 41.0 Å². The van der Waals surface area contributed by atoms with E-state index in [1.54, 1.807) is 11.0 Å². The van der Waals surface area contributed by atoms with Crippen LogP contribution in [0, 0.1) is 0 Å². The van der Waals surface area contributed by atoms with Crippen LogP contribution in [0.3, 0.4) is 0 Å². The fourth-order valence-corrected chi connectivity index (χ4v) is 3.55. The van der Waals surface area contributed by atoms with Crippen LogP contribution in [0.25, 0.3) is 16.8 Å². The molecule has 182 valence electrons. The van der Waals surface area contributed by atoms with Crippen LogP contribution in [0.5, 0.6) is 0 Å². The molecule has 2 aromatic carbocycles. The van der Waals surface area contributed by atoms with Gasteiger partial charge in [-0.15, -0.1) is 12.4 Å². The smallest absolute Gasteiger partial charge is 0.350 e. The molecule has 1 fully saturated rings. The first kappa shape index (κ1) is 27.0. The average Bonchev–Trinajstić information content (AvgIpc) is 3.22. The van der Waals surface area contributed by atoms with Gasteiger partial charge in [0.15, 0.2) is 0 Å². The summed E-state index contributed by atoms with van der Waals surface area (Å²) < 4.78 is 20.7. The van der Waals surface area contributed by atoms with Crippen molar-refractivity contribution >= 4 is 18.3 Å². The second-order valence-corrected chi connectivity index (χ2v) is 7.44. The van der Waals surface area contributed by atoms with Gasteiger partial charge in [0, 0.05) is 25.2 Å². The highest BCUT2D eigenvalue weighted by Crippen LogP contribution is 2.23. The molecule has 1 aliphatic rings. The zero-order valence-electron chi connectivity index (χ0n) is 17.9. The van der Waals surface area contributed by atoms with Gasteiger partial charge < -0.3 is 15.4 Å². The molecule has 0 spiro atoms. The van der Waals surface area contributed by atoms with E-state index < -0.39 is 0 Å². The Bertz CT molecular complexity index is 1180. The van der Waals surface area contributed by atoms with Crippen LogP contribution in [0.15, 0.2) is 71.6 Å². The van der Waals surface area contributed by atoms with Crippen molar-refractivity contribution in [2.75, 3.05) is 32.8 Å². The Morgan fingerprint density at radius 1 is 1.12 bits per heavy atom. The van der Waals surface area contributed by atoms with Crippen molar-refractivity contribution in [3.63, 3.8) is 0 Å². The average molecular weight is 490 g/mol. The van der Waals surface area contributed by atoms with Gasteiger partial charge in [0.25, 0.3) is 5.91 Å². The molecule has 0 radical (unpaired) electrons. The van der Waals surface area contributed by atoms with Gasteiger partial charge in [0.1, 0.15) is 6.33 Å². The van der Waals surface area contributed by atoms with Gasteiger partial charge in [0.05, 0.1) is 31.8 Å². The Labute approximate surface area is 203 Å². The molecule has 1 amide bonds. The third-order valence-electron chi connectivity index (χ3n) is 5.39. The lowest BCUT2D eigenvalue weighted by Crippen LogP contribution is -2.40. The molecule has 4 rings (SSSR count). The van der Waals surface area contributed by atoms with E-state index in [9.17, 15) is 14.0 Å². The number of carbonyl (C=O) groups is 1. The second-order valence-electron chi connectivity index (χ2n) is 7.44. The summed E-state index contributed by atoms with van der Waals surface area (Å²) in [6, 6.07) is 14.8. The molecule has 1 aromatic heterocycles. The summed E-state index contributed by atoms with van der Waals surface area (Å²) in [5.41, 5.74) is 8.41. The van der Waals surface area contributed by atoms with E-state index in [0.29, 0.717) is 43.9 Å². The monoisotopic (exact) mass is 489 g/mol. The van der Waals surface area contributed by atoms with E-state index in [1.165, 1.54) is 10.9 Å². The molecule has 0 saturated carbocycles. The van der Waals surface area contributed by atoms with Crippen molar-refractivity contribution < 1.29 is 13.9 Å². The van der Waals surface area contributed by atoms with E-state index >= 15 is 0 Å². The molecule has 1 saturated heterocycles. The van der Waals surface area contributed by atoms with E-state index in [1.807, 2.05) is 42.5 Å². The minimum Gasteiger partial charge on any atom is -0.378 e.